The number of ether oxygens (including phenoxy) is 1. The first-order chi connectivity index (χ1) is 9.24. The van der Waals surface area contributed by atoms with Crippen molar-refractivity contribution in [1.82, 2.24) is 0 Å². The second kappa shape index (κ2) is 5.79. The van der Waals surface area contributed by atoms with Crippen LogP contribution in [0.1, 0.15) is 31.2 Å². The van der Waals surface area contributed by atoms with E-state index in [1.165, 1.54) is 9.13 Å². The Hall–Kier alpha value is -0.620. The molecule has 0 radical (unpaired) electrons. The summed E-state index contributed by atoms with van der Waals surface area (Å²) in [6, 6.07) is 6.38. The number of anilines is 1. The van der Waals surface area contributed by atoms with Crippen molar-refractivity contribution < 1.29 is 9.53 Å². The summed E-state index contributed by atoms with van der Waals surface area (Å²) < 4.78 is 6.93. The summed E-state index contributed by atoms with van der Waals surface area (Å²) in [4.78, 5) is 14.3. The SMILES string of the molecule is O=C1CCCc2cc(I)ccc2N1CC1CCCO1. The highest BCUT2D eigenvalue weighted by Gasteiger charge is 2.26. The molecule has 0 saturated carbocycles. The van der Waals surface area contributed by atoms with Crippen molar-refractivity contribution in [2.75, 3.05) is 18.1 Å². The van der Waals surface area contributed by atoms with Crippen LogP contribution in [-0.4, -0.2) is 25.2 Å². The topological polar surface area (TPSA) is 29.5 Å². The predicted octanol–water partition coefficient (Wildman–Crippen LogP) is 3.14. The maximum atomic E-state index is 12.3. The molecule has 19 heavy (non-hydrogen) atoms. The van der Waals surface area contributed by atoms with Gasteiger partial charge in [0.05, 0.1) is 12.6 Å². The van der Waals surface area contributed by atoms with Crippen LogP contribution in [0.15, 0.2) is 18.2 Å². The van der Waals surface area contributed by atoms with Gasteiger partial charge in [-0.3, -0.25) is 4.79 Å². The van der Waals surface area contributed by atoms with E-state index < -0.39 is 0 Å². The summed E-state index contributed by atoms with van der Waals surface area (Å²) in [5.41, 5.74) is 2.40. The second-order valence-corrected chi connectivity index (χ2v) is 6.51. The van der Waals surface area contributed by atoms with Crippen molar-refractivity contribution in [2.45, 2.75) is 38.2 Å². The van der Waals surface area contributed by atoms with Crippen LogP contribution in [0.5, 0.6) is 0 Å². The van der Waals surface area contributed by atoms with Gasteiger partial charge in [-0.2, -0.15) is 0 Å². The van der Waals surface area contributed by atoms with Crippen LogP contribution >= 0.6 is 22.6 Å². The van der Waals surface area contributed by atoms with E-state index >= 15 is 0 Å². The number of nitrogens with zero attached hydrogens (tertiary/aromatic N) is 1. The lowest BCUT2D eigenvalue weighted by Gasteiger charge is -2.26. The minimum absolute atomic E-state index is 0.217. The molecular weight excluding hydrogens is 353 g/mol. The molecule has 0 aliphatic carbocycles. The number of hydrogen-bond donors (Lipinski definition) is 0. The summed E-state index contributed by atoms with van der Waals surface area (Å²) >= 11 is 2.33. The first kappa shape index (κ1) is 13.4. The van der Waals surface area contributed by atoms with Crippen molar-refractivity contribution in [3.05, 3.63) is 27.3 Å². The van der Waals surface area contributed by atoms with Crippen LogP contribution in [0.25, 0.3) is 0 Å². The summed E-state index contributed by atoms with van der Waals surface area (Å²) in [6.45, 7) is 1.55. The number of aryl methyl sites for hydroxylation is 1. The van der Waals surface area contributed by atoms with Gasteiger partial charge < -0.3 is 9.64 Å². The Balaban J connectivity index is 1.89. The molecule has 2 aliphatic heterocycles. The molecule has 0 aromatic heterocycles. The Morgan fingerprint density at radius 2 is 2.21 bits per heavy atom. The van der Waals surface area contributed by atoms with Gasteiger partial charge in [-0.05, 0) is 72.0 Å². The van der Waals surface area contributed by atoms with Crippen molar-refractivity contribution >= 4 is 34.2 Å². The second-order valence-electron chi connectivity index (χ2n) is 5.27. The largest absolute Gasteiger partial charge is 0.376 e. The van der Waals surface area contributed by atoms with Crippen LogP contribution in [-0.2, 0) is 16.0 Å². The molecule has 1 saturated heterocycles. The Labute approximate surface area is 127 Å². The fourth-order valence-corrected chi connectivity index (χ4v) is 3.46. The molecule has 3 rings (SSSR count). The molecule has 1 aromatic rings. The minimum Gasteiger partial charge on any atom is -0.376 e. The summed E-state index contributed by atoms with van der Waals surface area (Å²) in [7, 11) is 0. The first-order valence-electron chi connectivity index (χ1n) is 6.94. The fourth-order valence-electron chi connectivity index (χ4n) is 2.91. The zero-order chi connectivity index (χ0) is 13.2. The monoisotopic (exact) mass is 371 g/mol. The van der Waals surface area contributed by atoms with Crippen LogP contribution < -0.4 is 4.90 Å². The molecular formula is C15H18INO2. The van der Waals surface area contributed by atoms with E-state index in [4.69, 9.17) is 4.74 Å². The summed E-state index contributed by atoms with van der Waals surface area (Å²) in [5, 5.41) is 0. The quantitative estimate of drug-likeness (QED) is 0.748. The van der Waals surface area contributed by atoms with Crippen LogP contribution in [0.4, 0.5) is 5.69 Å². The van der Waals surface area contributed by atoms with Gasteiger partial charge in [0.25, 0.3) is 0 Å². The van der Waals surface area contributed by atoms with Crippen LogP contribution in [0, 0.1) is 3.57 Å². The predicted molar refractivity (Wildman–Crippen MR) is 83.4 cm³/mol. The molecule has 1 unspecified atom stereocenters. The summed E-state index contributed by atoms with van der Waals surface area (Å²) in [6.07, 6.45) is 5.01. The number of carbonyl (C=O) groups excluding carboxylic acids is 1. The van der Waals surface area contributed by atoms with E-state index in [9.17, 15) is 4.79 Å². The Morgan fingerprint density at radius 3 is 3.00 bits per heavy atom. The van der Waals surface area contributed by atoms with Gasteiger partial charge >= 0.3 is 0 Å². The van der Waals surface area contributed by atoms with E-state index in [1.54, 1.807) is 0 Å². The highest BCUT2D eigenvalue weighted by molar-refractivity contribution is 14.1. The lowest BCUT2D eigenvalue weighted by Crippen LogP contribution is -2.37. The minimum atomic E-state index is 0.217. The summed E-state index contributed by atoms with van der Waals surface area (Å²) in [5.74, 6) is 0.246. The molecule has 1 aromatic carbocycles. The molecule has 0 N–H and O–H groups in total. The maximum Gasteiger partial charge on any atom is 0.227 e. The van der Waals surface area contributed by atoms with Gasteiger partial charge in [0, 0.05) is 22.3 Å². The number of carbonyl (C=O) groups is 1. The van der Waals surface area contributed by atoms with Crippen LogP contribution in [0.2, 0.25) is 0 Å². The maximum absolute atomic E-state index is 12.3. The molecule has 4 heteroatoms. The number of benzene rings is 1. The van der Waals surface area contributed by atoms with E-state index in [-0.39, 0.29) is 12.0 Å². The van der Waals surface area contributed by atoms with E-state index in [0.29, 0.717) is 13.0 Å². The Kier molecular flexibility index (Phi) is 4.07. The number of fused-ring (bicyclic) bond motifs is 1. The molecule has 0 bridgehead atoms. The zero-order valence-corrected chi connectivity index (χ0v) is 13.1. The number of amides is 1. The lowest BCUT2D eigenvalue weighted by atomic mass is 10.1. The molecule has 102 valence electrons. The fraction of sp³-hybridized carbons (Fsp3) is 0.533. The number of hydrogen-bond acceptors (Lipinski definition) is 2. The Morgan fingerprint density at radius 1 is 1.32 bits per heavy atom. The van der Waals surface area contributed by atoms with Gasteiger partial charge in [-0.15, -0.1) is 0 Å². The average molecular weight is 371 g/mol. The molecule has 0 spiro atoms. The van der Waals surface area contributed by atoms with E-state index in [2.05, 4.69) is 40.8 Å². The average Bonchev–Trinajstić information content (AvgIpc) is 2.84. The molecule has 3 nitrogen and oxygen atoms in total. The third kappa shape index (κ3) is 2.94. The van der Waals surface area contributed by atoms with Gasteiger partial charge in [-0.1, -0.05) is 0 Å². The van der Waals surface area contributed by atoms with E-state index in [0.717, 1.165) is 38.0 Å². The zero-order valence-electron chi connectivity index (χ0n) is 10.9. The van der Waals surface area contributed by atoms with Gasteiger partial charge in [0.1, 0.15) is 0 Å². The van der Waals surface area contributed by atoms with Crippen molar-refractivity contribution in [3.63, 3.8) is 0 Å². The number of rotatable bonds is 2. The van der Waals surface area contributed by atoms with Crippen molar-refractivity contribution in [3.8, 4) is 0 Å². The van der Waals surface area contributed by atoms with Gasteiger partial charge in [-0.25, -0.2) is 0 Å². The molecule has 1 atom stereocenters. The van der Waals surface area contributed by atoms with Crippen molar-refractivity contribution in [2.24, 2.45) is 0 Å². The Bertz CT molecular complexity index is 483. The van der Waals surface area contributed by atoms with Gasteiger partial charge in [0.15, 0.2) is 0 Å². The molecule has 2 aliphatic rings. The smallest absolute Gasteiger partial charge is 0.227 e. The first-order valence-corrected chi connectivity index (χ1v) is 8.02. The standard InChI is InChI=1S/C15H18INO2/c16-12-6-7-14-11(9-12)3-1-5-15(18)17(14)10-13-4-2-8-19-13/h6-7,9,13H,1-5,8,10H2. The van der Waals surface area contributed by atoms with Crippen LogP contribution in [0.3, 0.4) is 0 Å². The highest BCUT2D eigenvalue weighted by atomic mass is 127. The molecule has 1 amide bonds. The lowest BCUT2D eigenvalue weighted by molar-refractivity contribution is -0.118. The third-order valence-electron chi connectivity index (χ3n) is 3.88. The van der Waals surface area contributed by atoms with Gasteiger partial charge in [0.2, 0.25) is 5.91 Å². The van der Waals surface area contributed by atoms with Crippen molar-refractivity contribution in [1.29, 1.82) is 0 Å². The normalized spacial score (nSPS) is 23.3. The molecule has 2 heterocycles. The molecule has 1 fully saturated rings. The highest BCUT2D eigenvalue weighted by Crippen LogP contribution is 2.29. The van der Waals surface area contributed by atoms with E-state index in [1.807, 2.05) is 4.90 Å². The third-order valence-corrected chi connectivity index (χ3v) is 4.55. The number of halogens is 1.